The van der Waals surface area contributed by atoms with Gasteiger partial charge in [-0.15, -0.1) is 0 Å². The minimum Gasteiger partial charge on any atom is -0.0786 e. The summed E-state index contributed by atoms with van der Waals surface area (Å²) in [7, 11) is 0. The van der Waals surface area contributed by atoms with E-state index >= 15 is 0 Å². The second kappa shape index (κ2) is 7.26. The van der Waals surface area contributed by atoms with Crippen molar-refractivity contribution in [1.29, 1.82) is 0 Å². The molecule has 112 valence electrons. The largest absolute Gasteiger partial charge is 0.0786 e. The predicted octanol–water partition coefficient (Wildman–Crippen LogP) is 6.42. The smallest absolute Gasteiger partial charge is 0.0647 e. The van der Waals surface area contributed by atoms with Crippen LogP contribution < -0.4 is 0 Å². The summed E-state index contributed by atoms with van der Waals surface area (Å²) >= 11 is 3.91. The third kappa shape index (κ3) is 3.77. The summed E-state index contributed by atoms with van der Waals surface area (Å²) in [5, 5.41) is 0. The third-order valence-electron chi connectivity index (χ3n) is 4.17. The van der Waals surface area contributed by atoms with Crippen molar-refractivity contribution in [3.05, 3.63) is 70.3 Å². The molecule has 2 aromatic carbocycles. The number of halogens is 1. The van der Waals surface area contributed by atoms with E-state index in [1.807, 2.05) is 0 Å². The molecule has 0 saturated heterocycles. The van der Waals surface area contributed by atoms with Crippen molar-refractivity contribution in [1.82, 2.24) is 0 Å². The molecule has 0 bridgehead atoms. The quantitative estimate of drug-likeness (QED) is 0.549. The first-order valence-electron chi connectivity index (χ1n) is 7.92. The lowest BCUT2D eigenvalue weighted by Crippen LogP contribution is -2.00. The molecule has 0 radical (unpaired) electrons. The Morgan fingerprint density at radius 1 is 0.857 bits per heavy atom. The van der Waals surface area contributed by atoms with Crippen LogP contribution in [0.3, 0.4) is 0 Å². The van der Waals surface area contributed by atoms with E-state index in [2.05, 4.69) is 86.1 Å². The van der Waals surface area contributed by atoms with Crippen LogP contribution in [-0.4, -0.2) is 0 Å². The van der Waals surface area contributed by atoms with Gasteiger partial charge in [0.1, 0.15) is 0 Å². The van der Waals surface area contributed by atoms with Crippen molar-refractivity contribution in [3.63, 3.8) is 0 Å². The van der Waals surface area contributed by atoms with Crippen molar-refractivity contribution < 1.29 is 0 Å². The Labute approximate surface area is 137 Å². The zero-order valence-electron chi connectivity index (χ0n) is 13.5. The maximum absolute atomic E-state index is 3.91. The van der Waals surface area contributed by atoms with Crippen LogP contribution in [0.25, 0.3) is 0 Å². The van der Waals surface area contributed by atoms with Crippen LogP contribution >= 0.6 is 15.9 Å². The van der Waals surface area contributed by atoms with Gasteiger partial charge in [0.05, 0.1) is 4.83 Å². The monoisotopic (exact) mass is 344 g/mol. The van der Waals surface area contributed by atoms with Gasteiger partial charge < -0.3 is 0 Å². The Morgan fingerprint density at radius 2 is 1.48 bits per heavy atom. The molecule has 0 amide bonds. The lowest BCUT2D eigenvalue weighted by molar-refractivity contribution is 0.865. The molecule has 0 aliphatic carbocycles. The minimum absolute atomic E-state index is 0.278. The molecule has 0 aliphatic heterocycles. The highest BCUT2D eigenvalue weighted by molar-refractivity contribution is 9.09. The molecule has 2 aromatic rings. The molecule has 1 unspecified atom stereocenters. The molecule has 0 spiro atoms. The fourth-order valence-corrected chi connectivity index (χ4v) is 3.38. The first-order chi connectivity index (χ1) is 10.1. The normalized spacial score (nSPS) is 12.7. The van der Waals surface area contributed by atoms with Gasteiger partial charge in [-0.1, -0.05) is 86.1 Å². The summed E-state index contributed by atoms with van der Waals surface area (Å²) in [6.45, 7) is 8.92. The van der Waals surface area contributed by atoms with E-state index in [1.54, 1.807) is 0 Å². The van der Waals surface area contributed by atoms with Crippen LogP contribution in [0.5, 0.6) is 0 Å². The Hall–Kier alpha value is -1.08. The van der Waals surface area contributed by atoms with E-state index in [0.29, 0.717) is 5.92 Å². The first kappa shape index (κ1) is 16.3. The summed E-state index contributed by atoms with van der Waals surface area (Å²) in [5.41, 5.74) is 6.99. The molecule has 0 saturated carbocycles. The maximum Gasteiger partial charge on any atom is 0.0647 e. The zero-order chi connectivity index (χ0) is 15.4. The third-order valence-corrected chi connectivity index (χ3v) is 5.19. The summed E-state index contributed by atoms with van der Waals surface area (Å²) < 4.78 is 0. The van der Waals surface area contributed by atoms with E-state index in [1.165, 1.54) is 27.8 Å². The SMILES string of the molecule is CCc1ccc(CC)c(C(Br)c2ccc(C(C)C)cc2)c1. The lowest BCUT2D eigenvalue weighted by Gasteiger charge is -2.17. The molecule has 0 aromatic heterocycles. The average molecular weight is 345 g/mol. The number of hydrogen-bond donors (Lipinski definition) is 0. The summed E-state index contributed by atoms with van der Waals surface area (Å²) in [4.78, 5) is 0.278. The second-order valence-electron chi connectivity index (χ2n) is 5.92. The molecule has 2 rings (SSSR count). The number of alkyl halides is 1. The Kier molecular flexibility index (Phi) is 5.64. The standard InChI is InChI=1S/C20H25Br/c1-5-15-7-8-16(6-2)19(13-15)20(21)18-11-9-17(10-12-18)14(3)4/h7-14,20H,5-6H2,1-4H3. The highest BCUT2D eigenvalue weighted by Crippen LogP contribution is 2.34. The zero-order valence-corrected chi connectivity index (χ0v) is 15.1. The van der Waals surface area contributed by atoms with Crippen molar-refractivity contribution in [2.45, 2.75) is 51.3 Å². The molecule has 0 fully saturated rings. The van der Waals surface area contributed by atoms with Gasteiger partial charge in [-0.05, 0) is 46.6 Å². The van der Waals surface area contributed by atoms with Crippen molar-refractivity contribution in [2.75, 3.05) is 0 Å². The van der Waals surface area contributed by atoms with Gasteiger partial charge in [0, 0.05) is 0 Å². The predicted molar refractivity (Wildman–Crippen MR) is 96.5 cm³/mol. The van der Waals surface area contributed by atoms with Gasteiger partial charge in [-0.2, -0.15) is 0 Å². The van der Waals surface area contributed by atoms with Crippen molar-refractivity contribution in [3.8, 4) is 0 Å². The summed E-state index contributed by atoms with van der Waals surface area (Å²) in [6, 6.07) is 15.9. The van der Waals surface area contributed by atoms with Crippen LogP contribution in [0.4, 0.5) is 0 Å². The molecule has 0 heterocycles. The second-order valence-corrected chi connectivity index (χ2v) is 6.84. The number of hydrogen-bond acceptors (Lipinski definition) is 0. The molecule has 1 atom stereocenters. The molecule has 0 aliphatic rings. The maximum atomic E-state index is 3.91. The van der Waals surface area contributed by atoms with Crippen molar-refractivity contribution in [2.24, 2.45) is 0 Å². The van der Waals surface area contributed by atoms with Crippen molar-refractivity contribution >= 4 is 15.9 Å². The van der Waals surface area contributed by atoms with E-state index in [0.717, 1.165) is 12.8 Å². The van der Waals surface area contributed by atoms with Crippen LogP contribution in [0.2, 0.25) is 0 Å². The summed E-state index contributed by atoms with van der Waals surface area (Å²) in [5.74, 6) is 0.586. The molecule has 0 nitrogen and oxygen atoms in total. The Balaban J connectivity index is 2.36. The average Bonchev–Trinajstić information content (AvgIpc) is 2.53. The van der Waals surface area contributed by atoms with Gasteiger partial charge in [0.25, 0.3) is 0 Å². The lowest BCUT2D eigenvalue weighted by atomic mass is 9.94. The highest BCUT2D eigenvalue weighted by atomic mass is 79.9. The molecule has 1 heteroatoms. The van der Waals surface area contributed by atoms with Gasteiger partial charge in [0.15, 0.2) is 0 Å². The van der Waals surface area contributed by atoms with Gasteiger partial charge in [-0.25, -0.2) is 0 Å². The van der Waals surface area contributed by atoms with Crippen LogP contribution in [0, 0.1) is 0 Å². The fraction of sp³-hybridized carbons (Fsp3) is 0.400. The number of aryl methyl sites for hydroxylation is 2. The molecule has 0 N–H and O–H groups in total. The van der Waals surface area contributed by atoms with Gasteiger partial charge in [-0.3, -0.25) is 0 Å². The van der Waals surface area contributed by atoms with Crippen LogP contribution in [-0.2, 0) is 12.8 Å². The van der Waals surface area contributed by atoms with Gasteiger partial charge >= 0.3 is 0 Å². The van der Waals surface area contributed by atoms with E-state index in [9.17, 15) is 0 Å². The minimum atomic E-state index is 0.278. The Morgan fingerprint density at radius 3 is 2.00 bits per heavy atom. The number of rotatable bonds is 5. The number of benzene rings is 2. The first-order valence-corrected chi connectivity index (χ1v) is 8.84. The molecular weight excluding hydrogens is 320 g/mol. The van der Waals surface area contributed by atoms with E-state index in [-0.39, 0.29) is 4.83 Å². The Bertz CT molecular complexity index is 581. The topological polar surface area (TPSA) is 0 Å². The summed E-state index contributed by atoms with van der Waals surface area (Å²) in [6.07, 6.45) is 2.16. The molecule has 21 heavy (non-hydrogen) atoms. The van der Waals surface area contributed by atoms with Gasteiger partial charge in [0.2, 0.25) is 0 Å². The van der Waals surface area contributed by atoms with E-state index < -0.39 is 0 Å². The van der Waals surface area contributed by atoms with E-state index in [4.69, 9.17) is 0 Å². The fourth-order valence-electron chi connectivity index (χ4n) is 2.65. The highest BCUT2D eigenvalue weighted by Gasteiger charge is 2.14. The molecular formula is C20H25Br. The van der Waals surface area contributed by atoms with Crippen LogP contribution in [0.15, 0.2) is 42.5 Å². The van der Waals surface area contributed by atoms with Crippen LogP contribution in [0.1, 0.15) is 66.3 Å².